The smallest absolute Gasteiger partial charge is 0.414 e. The number of ether oxygens (including phenoxy) is 2. The summed E-state index contributed by atoms with van der Waals surface area (Å²) in [5, 5.41) is 6.82. The molecule has 4 aliphatic rings. The molecule has 0 spiro atoms. The number of benzene rings is 8. The van der Waals surface area contributed by atoms with Gasteiger partial charge in [-0.25, -0.2) is 9.59 Å². The van der Waals surface area contributed by atoms with Crippen LogP contribution in [0.25, 0.3) is 0 Å². The molecular weight excluding hydrogens is 1460 g/mol. The number of nitrogens with zero attached hydrogens (tertiary/aromatic N) is 3. The second kappa shape index (κ2) is 41.0. The number of carbonyl (C=O) groups excluding carboxylic acids is 6. The van der Waals surface area contributed by atoms with Gasteiger partial charge in [0.1, 0.15) is 13.2 Å². The molecule has 4 N–H and O–H groups in total. The molecule has 4 heterocycles. The fourth-order valence-electron chi connectivity index (χ4n) is 13.6. The van der Waals surface area contributed by atoms with E-state index in [4.69, 9.17) is 15.2 Å². The first-order valence-corrected chi connectivity index (χ1v) is 41.0. The highest BCUT2D eigenvalue weighted by molar-refractivity contribution is 9.09. The standard InChI is InChI=1S/C22H28N2O2.C22H25NO3.C14H20BrNO.2C14H19NO.C11H16/c1-22(2,3)14-17-9-10-20-18(13-17)19(23)11-12-24(20)21(25)26-15-16-7-5-4-6-8-16;1-22(2,3)14-17-9-10-19-18(13-17)20(24)11-12-23(19)21(25)26-15-16-7-5-4-6-8-16;1-14(2,3)10-11-4-6-12(7-5-11)16-13(17)8-9-15;1-14(2,3)10-11-4-6-12(7-5-11)15-9-8-13(15)16;1-14(2,3)9-10-4-5-12-11(8-10)13(16)6-7-15-12;1-11(2,3)9-10-7-5-4-6-8-10/h4-10,13,19H,11-12,14-15,23H2,1-3H3;4-10,13H,11-12,14-15H2,1-3H3;4-7H,8-10H2,1-3H3,(H,16,17);4-7H,8-10H2,1-3H3;4-5,8,15H,6-7,9H2,1-3H3;4-8H,9H2,1-3H3/t19-;;;;;/m0...../s1. The molecule has 1 fully saturated rings. The second-order valence-electron chi connectivity index (χ2n) is 37.2. The van der Waals surface area contributed by atoms with E-state index < -0.39 is 6.09 Å². The molecule has 600 valence electrons. The van der Waals surface area contributed by atoms with Crippen LogP contribution in [0.1, 0.15) is 234 Å². The number of nitrogens with one attached hydrogen (secondary N) is 2. The van der Waals surface area contributed by atoms with Gasteiger partial charge in [0.05, 0.1) is 11.4 Å². The number of Topliss-reactive ketones (excluding diaryl/α,β-unsaturated/α-hetero) is 2. The number of ketones is 2. The third-order valence-corrected chi connectivity index (χ3v) is 18.9. The summed E-state index contributed by atoms with van der Waals surface area (Å²) < 4.78 is 11.0. The van der Waals surface area contributed by atoms with Gasteiger partial charge in [0.2, 0.25) is 11.8 Å². The molecule has 8 aromatic carbocycles. The van der Waals surface area contributed by atoms with E-state index in [1.54, 1.807) is 9.80 Å². The second-order valence-corrected chi connectivity index (χ2v) is 38.0. The normalized spacial score (nSPS) is 14.6. The van der Waals surface area contributed by atoms with E-state index in [1.807, 2.05) is 108 Å². The van der Waals surface area contributed by atoms with Crippen LogP contribution in [0.4, 0.5) is 38.0 Å². The molecule has 0 aliphatic carbocycles. The minimum Gasteiger partial charge on any atom is -0.444 e. The highest BCUT2D eigenvalue weighted by atomic mass is 79.9. The molecule has 112 heavy (non-hydrogen) atoms. The number of hydrogen-bond donors (Lipinski definition) is 3. The number of β-lactam (4-membered cyclic amide) rings is 1. The predicted octanol–water partition coefficient (Wildman–Crippen LogP) is 23.4. The van der Waals surface area contributed by atoms with Crippen molar-refractivity contribution in [3.05, 3.63) is 255 Å². The van der Waals surface area contributed by atoms with Crippen molar-refractivity contribution < 1.29 is 38.2 Å². The Kier molecular flexibility index (Phi) is 33.0. The van der Waals surface area contributed by atoms with Crippen molar-refractivity contribution in [3.63, 3.8) is 0 Å². The van der Waals surface area contributed by atoms with Crippen LogP contribution in [0.3, 0.4) is 0 Å². The largest absolute Gasteiger partial charge is 0.444 e. The van der Waals surface area contributed by atoms with Gasteiger partial charge in [-0.2, -0.15) is 0 Å². The molecule has 15 heteroatoms. The van der Waals surface area contributed by atoms with Gasteiger partial charge in [-0.3, -0.25) is 29.0 Å². The van der Waals surface area contributed by atoms with Gasteiger partial charge >= 0.3 is 12.2 Å². The van der Waals surface area contributed by atoms with Gasteiger partial charge in [0.25, 0.3) is 0 Å². The van der Waals surface area contributed by atoms with Gasteiger partial charge in [0, 0.05) is 91.4 Å². The van der Waals surface area contributed by atoms with Crippen LogP contribution in [0, 0.1) is 32.5 Å². The number of rotatable bonds is 14. The monoisotopic (exact) mass is 1580 g/mol. The Balaban J connectivity index is 0.000000191. The number of amides is 4. The number of hydrogen-bond acceptors (Lipinski definition) is 10. The summed E-state index contributed by atoms with van der Waals surface area (Å²) in [6.07, 6.45) is 8.30. The lowest BCUT2D eigenvalue weighted by molar-refractivity contribution is -0.122. The molecule has 14 nitrogen and oxygen atoms in total. The van der Waals surface area contributed by atoms with E-state index in [0.29, 0.717) is 71.6 Å². The Morgan fingerprint density at radius 3 is 1.28 bits per heavy atom. The van der Waals surface area contributed by atoms with E-state index in [0.717, 1.165) is 109 Å². The lowest BCUT2D eigenvalue weighted by Gasteiger charge is -2.33. The molecule has 0 unspecified atom stereocenters. The summed E-state index contributed by atoms with van der Waals surface area (Å²) in [7, 11) is 0. The SMILES string of the molecule is CC(C)(C)Cc1ccc(N2CCC2=O)cc1.CC(C)(C)Cc1ccc(NC(=O)CCBr)cc1.CC(C)(C)Cc1ccc2c(c1)C(=O)CCN2.CC(C)(C)Cc1ccc2c(c1)C(=O)CCN2C(=O)OCc1ccccc1.CC(C)(C)Cc1ccc2c(c1)[C@@H](N)CCN2C(=O)OCc1ccccc1.CC(C)(C)Cc1ccccc1. The van der Waals surface area contributed by atoms with E-state index in [-0.39, 0.29) is 65.0 Å². The van der Waals surface area contributed by atoms with Crippen LogP contribution in [-0.4, -0.2) is 67.1 Å². The molecule has 0 radical (unpaired) electrons. The van der Waals surface area contributed by atoms with Crippen LogP contribution in [0.5, 0.6) is 0 Å². The summed E-state index contributed by atoms with van der Waals surface area (Å²) in [5.41, 5.74) is 24.5. The Morgan fingerprint density at radius 1 is 0.438 bits per heavy atom. The van der Waals surface area contributed by atoms with Crippen molar-refractivity contribution >= 4 is 79.9 Å². The van der Waals surface area contributed by atoms with Crippen molar-refractivity contribution in [3.8, 4) is 0 Å². The maximum Gasteiger partial charge on any atom is 0.414 e. The number of nitrogens with two attached hydrogens (primary N) is 1. The van der Waals surface area contributed by atoms with Gasteiger partial charge in [-0.15, -0.1) is 0 Å². The first kappa shape index (κ1) is 90.0. The zero-order valence-electron chi connectivity index (χ0n) is 70.3. The number of halogens is 1. The van der Waals surface area contributed by atoms with Crippen molar-refractivity contribution in [1.29, 1.82) is 0 Å². The van der Waals surface area contributed by atoms with E-state index >= 15 is 0 Å². The van der Waals surface area contributed by atoms with Crippen molar-refractivity contribution in [2.75, 3.05) is 56.8 Å². The molecule has 12 rings (SSSR count). The highest BCUT2D eigenvalue weighted by Crippen LogP contribution is 2.37. The molecule has 0 saturated carbocycles. The van der Waals surface area contributed by atoms with Gasteiger partial charge < -0.3 is 30.7 Å². The zero-order chi connectivity index (χ0) is 82.2. The summed E-state index contributed by atoms with van der Waals surface area (Å²) in [5.74, 6) is 0.640. The van der Waals surface area contributed by atoms with Crippen molar-refractivity contribution in [2.45, 2.75) is 215 Å². The summed E-state index contributed by atoms with van der Waals surface area (Å²) in [4.78, 5) is 77.1. The molecule has 4 amide bonds. The fourth-order valence-corrected chi connectivity index (χ4v) is 14.0. The topological polar surface area (TPSA) is 181 Å². The van der Waals surface area contributed by atoms with E-state index in [1.165, 1.54) is 27.8 Å². The molecule has 4 aliphatic heterocycles. The van der Waals surface area contributed by atoms with Gasteiger partial charge in [0.15, 0.2) is 11.6 Å². The summed E-state index contributed by atoms with van der Waals surface area (Å²) in [6.45, 7) is 43.1. The van der Waals surface area contributed by atoms with Crippen LogP contribution in [0.15, 0.2) is 194 Å². The van der Waals surface area contributed by atoms with Crippen LogP contribution in [0.2, 0.25) is 0 Å². The molecule has 0 bridgehead atoms. The third kappa shape index (κ3) is 31.8. The predicted molar refractivity (Wildman–Crippen MR) is 467 cm³/mol. The third-order valence-electron chi connectivity index (χ3n) is 18.5. The molecule has 8 aromatic rings. The minimum absolute atomic E-state index is 0.0388. The molecular formula is C97H127BrN6O8. The average molecular weight is 1590 g/mol. The first-order valence-electron chi connectivity index (χ1n) is 39.9. The minimum atomic E-state index is -0.411. The lowest BCUT2D eigenvalue weighted by atomic mass is 9.86. The first-order chi connectivity index (χ1) is 52.6. The fraction of sp³-hybridized carbons (Fsp3) is 0.443. The lowest BCUT2D eigenvalue weighted by Crippen LogP contribution is -2.43. The number of fused-ring (bicyclic) bond motifs is 3. The van der Waals surface area contributed by atoms with Crippen molar-refractivity contribution in [2.24, 2.45) is 38.2 Å². The van der Waals surface area contributed by atoms with Crippen LogP contribution < -0.4 is 31.1 Å². The summed E-state index contributed by atoms with van der Waals surface area (Å²) in [6, 6.07) is 64.6. The summed E-state index contributed by atoms with van der Waals surface area (Å²) >= 11 is 3.25. The number of anilines is 5. The quantitative estimate of drug-likeness (QED) is 0.0700. The molecule has 0 aromatic heterocycles. The Labute approximate surface area is 679 Å². The maximum atomic E-state index is 12.6. The Morgan fingerprint density at radius 2 is 0.830 bits per heavy atom. The van der Waals surface area contributed by atoms with Gasteiger partial charge in [-0.1, -0.05) is 280 Å². The van der Waals surface area contributed by atoms with Crippen LogP contribution in [-0.2, 0) is 70.8 Å². The van der Waals surface area contributed by atoms with Crippen molar-refractivity contribution in [1.82, 2.24) is 0 Å². The highest BCUT2D eigenvalue weighted by Gasteiger charge is 2.32. The van der Waals surface area contributed by atoms with Crippen LogP contribution >= 0.6 is 15.9 Å². The average Bonchev–Trinajstić information content (AvgIpc) is 0.756. The zero-order valence-corrected chi connectivity index (χ0v) is 71.9. The molecule has 1 saturated heterocycles. The Hall–Kier alpha value is -9.18. The van der Waals surface area contributed by atoms with E-state index in [9.17, 15) is 28.8 Å². The number of alkyl halides is 1. The van der Waals surface area contributed by atoms with Gasteiger partial charge in [-0.05, 0) is 182 Å². The number of carbonyl (C=O) groups is 6. The Bertz CT molecular complexity index is 4350. The maximum absolute atomic E-state index is 12.6. The molecule has 1 atom stereocenters. The van der Waals surface area contributed by atoms with E-state index in [2.05, 4.69) is 242 Å².